The van der Waals surface area contributed by atoms with E-state index < -0.39 is 0 Å². The van der Waals surface area contributed by atoms with Crippen LogP contribution in [0, 0.1) is 0 Å². The third-order valence-electron chi connectivity index (χ3n) is 4.10. The average Bonchev–Trinajstić information content (AvgIpc) is 2.70. The van der Waals surface area contributed by atoms with Gasteiger partial charge in [0, 0.05) is 16.9 Å². The Balaban J connectivity index is 1.57. The van der Waals surface area contributed by atoms with Crippen LogP contribution < -0.4 is 15.4 Å². The van der Waals surface area contributed by atoms with Crippen molar-refractivity contribution in [3.8, 4) is 5.75 Å². The first-order chi connectivity index (χ1) is 14.0. The van der Waals surface area contributed by atoms with Crippen molar-refractivity contribution in [3.63, 3.8) is 0 Å². The minimum absolute atomic E-state index is 0.0398. The van der Waals surface area contributed by atoms with Crippen LogP contribution in [0.4, 0.5) is 11.4 Å². The van der Waals surface area contributed by atoms with Gasteiger partial charge < -0.3 is 15.4 Å². The van der Waals surface area contributed by atoms with Gasteiger partial charge in [-0.1, -0.05) is 36.4 Å². The highest BCUT2D eigenvalue weighted by Gasteiger charge is 2.09. The van der Waals surface area contributed by atoms with Gasteiger partial charge in [-0.25, -0.2) is 0 Å². The smallest absolute Gasteiger partial charge is 0.255 e. The highest BCUT2D eigenvalue weighted by molar-refractivity contribution is 6.04. The fourth-order valence-electron chi connectivity index (χ4n) is 2.81. The standard InChI is InChI=1S/C24H24N2O3/c1-17(2)29-22-10-6-9-19(16-22)24(28)26-21-13-11-20(12-14-21)25-23(27)15-18-7-4-3-5-8-18/h3-14,16-17H,15H2,1-2H3,(H,25,27)(H,26,28). The largest absolute Gasteiger partial charge is 0.491 e. The molecule has 0 aliphatic rings. The highest BCUT2D eigenvalue weighted by atomic mass is 16.5. The van der Waals surface area contributed by atoms with Crippen LogP contribution in [0.2, 0.25) is 0 Å². The summed E-state index contributed by atoms with van der Waals surface area (Å²) < 4.78 is 5.63. The van der Waals surface area contributed by atoms with Gasteiger partial charge >= 0.3 is 0 Å². The molecule has 0 bridgehead atoms. The summed E-state index contributed by atoms with van der Waals surface area (Å²) in [6.07, 6.45) is 0.353. The summed E-state index contributed by atoms with van der Waals surface area (Å²) in [5, 5.41) is 5.71. The fourth-order valence-corrected chi connectivity index (χ4v) is 2.81. The van der Waals surface area contributed by atoms with Crippen molar-refractivity contribution in [1.29, 1.82) is 0 Å². The number of hydrogen-bond acceptors (Lipinski definition) is 3. The second-order valence-corrected chi connectivity index (χ2v) is 6.94. The molecule has 5 heteroatoms. The third-order valence-corrected chi connectivity index (χ3v) is 4.10. The van der Waals surface area contributed by atoms with Gasteiger partial charge in [0.1, 0.15) is 5.75 Å². The van der Waals surface area contributed by atoms with E-state index in [0.717, 1.165) is 5.56 Å². The first-order valence-corrected chi connectivity index (χ1v) is 9.51. The summed E-state index contributed by atoms with van der Waals surface area (Å²) in [5.74, 6) is 0.346. The molecule has 2 amide bonds. The molecule has 2 N–H and O–H groups in total. The molecule has 0 aliphatic heterocycles. The lowest BCUT2D eigenvalue weighted by molar-refractivity contribution is -0.115. The van der Waals surface area contributed by atoms with Gasteiger partial charge in [-0.05, 0) is 61.9 Å². The van der Waals surface area contributed by atoms with Crippen LogP contribution in [-0.2, 0) is 11.2 Å². The molecule has 29 heavy (non-hydrogen) atoms. The van der Waals surface area contributed by atoms with Gasteiger partial charge in [-0.15, -0.1) is 0 Å². The monoisotopic (exact) mass is 388 g/mol. The maximum absolute atomic E-state index is 12.5. The van der Waals surface area contributed by atoms with Crippen molar-refractivity contribution < 1.29 is 14.3 Å². The summed E-state index contributed by atoms with van der Waals surface area (Å²) in [4.78, 5) is 24.6. The zero-order chi connectivity index (χ0) is 20.6. The topological polar surface area (TPSA) is 67.4 Å². The Morgan fingerprint density at radius 3 is 2.14 bits per heavy atom. The summed E-state index contributed by atoms with van der Waals surface area (Å²) in [6.45, 7) is 3.87. The molecule has 3 rings (SSSR count). The highest BCUT2D eigenvalue weighted by Crippen LogP contribution is 2.18. The van der Waals surface area contributed by atoms with Crippen molar-refractivity contribution in [2.45, 2.75) is 26.4 Å². The Kier molecular flexibility index (Phi) is 6.63. The number of rotatable bonds is 7. The molecule has 0 radical (unpaired) electrons. The number of amides is 2. The van der Waals surface area contributed by atoms with Crippen LogP contribution in [0.3, 0.4) is 0 Å². The van der Waals surface area contributed by atoms with Crippen LogP contribution in [0.1, 0.15) is 29.8 Å². The Hall–Kier alpha value is -3.60. The third kappa shape index (κ3) is 6.21. The predicted molar refractivity (Wildman–Crippen MR) is 115 cm³/mol. The zero-order valence-electron chi connectivity index (χ0n) is 16.5. The maximum Gasteiger partial charge on any atom is 0.255 e. The van der Waals surface area contributed by atoms with Gasteiger partial charge in [-0.2, -0.15) is 0 Å². The average molecular weight is 388 g/mol. The maximum atomic E-state index is 12.5. The summed E-state index contributed by atoms with van der Waals surface area (Å²) in [6, 6.07) is 23.7. The van der Waals surface area contributed by atoms with E-state index in [9.17, 15) is 9.59 Å². The molecular formula is C24H24N2O3. The van der Waals surface area contributed by atoms with Crippen LogP contribution >= 0.6 is 0 Å². The van der Waals surface area contributed by atoms with Crippen LogP contribution in [-0.4, -0.2) is 17.9 Å². The van der Waals surface area contributed by atoms with Gasteiger partial charge in [-0.3, -0.25) is 9.59 Å². The Morgan fingerprint density at radius 1 is 0.828 bits per heavy atom. The van der Waals surface area contributed by atoms with Crippen molar-refractivity contribution in [3.05, 3.63) is 90.0 Å². The van der Waals surface area contributed by atoms with E-state index in [-0.39, 0.29) is 17.9 Å². The van der Waals surface area contributed by atoms with E-state index in [0.29, 0.717) is 29.1 Å². The SMILES string of the molecule is CC(C)Oc1cccc(C(=O)Nc2ccc(NC(=O)Cc3ccccc3)cc2)c1. The molecule has 148 valence electrons. The summed E-state index contributed by atoms with van der Waals surface area (Å²) in [5.41, 5.74) is 2.79. The van der Waals surface area contributed by atoms with Crippen LogP contribution in [0.5, 0.6) is 5.75 Å². The normalized spacial score (nSPS) is 10.4. The molecule has 5 nitrogen and oxygen atoms in total. The molecule has 0 spiro atoms. The lowest BCUT2D eigenvalue weighted by Gasteiger charge is -2.11. The molecule has 3 aromatic carbocycles. The van der Waals surface area contributed by atoms with Gasteiger partial charge in [0.15, 0.2) is 0 Å². The first kappa shape index (κ1) is 20.1. The Labute approximate surface area is 170 Å². The Morgan fingerprint density at radius 2 is 1.48 bits per heavy atom. The van der Waals surface area contributed by atoms with Crippen molar-refractivity contribution in [2.24, 2.45) is 0 Å². The number of hydrogen-bond donors (Lipinski definition) is 2. The van der Waals surface area contributed by atoms with Crippen molar-refractivity contribution in [1.82, 2.24) is 0 Å². The number of carbonyl (C=O) groups excluding carboxylic acids is 2. The van der Waals surface area contributed by atoms with Crippen LogP contribution in [0.25, 0.3) is 0 Å². The van der Waals surface area contributed by atoms with Gasteiger partial charge in [0.2, 0.25) is 5.91 Å². The number of nitrogens with one attached hydrogen (secondary N) is 2. The molecule has 3 aromatic rings. The molecule has 0 aromatic heterocycles. The van der Waals surface area contributed by atoms with E-state index in [2.05, 4.69) is 10.6 Å². The van der Waals surface area contributed by atoms with Crippen molar-refractivity contribution in [2.75, 3.05) is 10.6 Å². The number of carbonyl (C=O) groups is 2. The quantitative estimate of drug-likeness (QED) is 0.604. The zero-order valence-corrected chi connectivity index (χ0v) is 16.5. The van der Waals surface area contributed by atoms with E-state index in [1.54, 1.807) is 42.5 Å². The van der Waals surface area contributed by atoms with Crippen molar-refractivity contribution >= 4 is 23.2 Å². The lowest BCUT2D eigenvalue weighted by Crippen LogP contribution is -2.15. The molecule has 0 fully saturated rings. The van der Waals surface area contributed by atoms with E-state index >= 15 is 0 Å². The molecule has 0 unspecified atom stereocenters. The minimum atomic E-state index is -0.222. The van der Waals surface area contributed by atoms with E-state index in [1.807, 2.05) is 50.2 Å². The van der Waals surface area contributed by atoms with E-state index in [1.165, 1.54) is 0 Å². The lowest BCUT2D eigenvalue weighted by atomic mass is 10.1. The molecule has 0 atom stereocenters. The molecule has 0 heterocycles. The van der Waals surface area contributed by atoms with E-state index in [4.69, 9.17) is 4.74 Å². The van der Waals surface area contributed by atoms with Gasteiger partial charge in [0.05, 0.1) is 12.5 Å². The second kappa shape index (κ2) is 9.55. The Bertz CT molecular complexity index is 967. The van der Waals surface area contributed by atoms with Crippen LogP contribution in [0.15, 0.2) is 78.9 Å². The summed E-state index contributed by atoms with van der Waals surface area (Å²) >= 11 is 0. The number of benzene rings is 3. The minimum Gasteiger partial charge on any atom is -0.491 e. The molecular weight excluding hydrogens is 364 g/mol. The molecule has 0 saturated carbocycles. The molecule has 0 saturated heterocycles. The number of ether oxygens (including phenoxy) is 1. The predicted octanol–water partition coefficient (Wildman–Crippen LogP) is 4.91. The number of anilines is 2. The molecule has 0 aliphatic carbocycles. The first-order valence-electron chi connectivity index (χ1n) is 9.51. The summed E-state index contributed by atoms with van der Waals surface area (Å²) in [7, 11) is 0. The second-order valence-electron chi connectivity index (χ2n) is 6.94. The van der Waals surface area contributed by atoms with Gasteiger partial charge in [0.25, 0.3) is 5.91 Å². The fraction of sp³-hybridized carbons (Fsp3) is 0.167.